The zero-order chi connectivity index (χ0) is 20.9. The van der Waals surface area contributed by atoms with E-state index < -0.39 is 0 Å². The summed E-state index contributed by atoms with van der Waals surface area (Å²) in [5.41, 5.74) is 2.86. The van der Waals surface area contributed by atoms with E-state index in [0.717, 1.165) is 71.0 Å². The number of nitrogens with one attached hydrogen (secondary N) is 1. The molecule has 2 aliphatic heterocycles. The van der Waals surface area contributed by atoms with E-state index in [4.69, 9.17) is 0 Å². The molecule has 30 heavy (non-hydrogen) atoms. The topological polar surface area (TPSA) is 52.7 Å². The summed E-state index contributed by atoms with van der Waals surface area (Å²) < 4.78 is 0. The maximum Gasteiger partial charge on any atom is 0.242 e. The highest BCUT2D eigenvalue weighted by molar-refractivity contribution is 5.89. The van der Waals surface area contributed by atoms with Crippen molar-refractivity contribution in [2.75, 3.05) is 19.6 Å². The van der Waals surface area contributed by atoms with E-state index in [2.05, 4.69) is 41.4 Å². The van der Waals surface area contributed by atoms with Crippen LogP contribution in [0.15, 0.2) is 24.3 Å². The van der Waals surface area contributed by atoms with E-state index in [1.165, 1.54) is 17.5 Å². The molecule has 4 rings (SSSR count). The van der Waals surface area contributed by atoms with Gasteiger partial charge < -0.3 is 10.2 Å². The summed E-state index contributed by atoms with van der Waals surface area (Å²) >= 11 is 0. The minimum Gasteiger partial charge on any atom is -0.353 e. The van der Waals surface area contributed by atoms with Crippen molar-refractivity contribution in [1.29, 1.82) is 0 Å². The molecule has 2 unspecified atom stereocenters. The summed E-state index contributed by atoms with van der Waals surface area (Å²) in [4.78, 5) is 30.4. The highest BCUT2D eigenvalue weighted by atomic mass is 16.2. The number of carbonyl (C=O) groups excluding carboxylic acids is 2. The first-order valence-electron chi connectivity index (χ1n) is 12.1. The van der Waals surface area contributed by atoms with Crippen molar-refractivity contribution in [2.24, 2.45) is 5.92 Å². The molecule has 1 saturated carbocycles. The molecule has 0 aromatic heterocycles. The van der Waals surface area contributed by atoms with Gasteiger partial charge in [-0.25, -0.2) is 0 Å². The van der Waals surface area contributed by atoms with E-state index in [1.807, 2.05) is 4.90 Å². The molecule has 1 saturated heterocycles. The Bertz CT molecular complexity index is 744. The first-order chi connectivity index (χ1) is 14.7. The van der Waals surface area contributed by atoms with E-state index in [-0.39, 0.29) is 23.8 Å². The fraction of sp³-hybridized carbons (Fsp3) is 0.680. The van der Waals surface area contributed by atoms with Gasteiger partial charge in [-0.05, 0) is 49.7 Å². The molecule has 0 radical (unpaired) electrons. The molecule has 5 nitrogen and oxygen atoms in total. The van der Waals surface area contributed by atoms with Crippen LogP contribution in [0.1, 0.15) is 69.4 Å². The molecule has 3 aliphatic rings. The second kappa shape index (κ2) is 9.95. The molecular formula is C25H37N3O2. The third-order valence-electron chi connectivity index (χ3n) is 7.45. The second-order valence-corrected chi connectivity index (χ2v) is 9.32. The monoisotopic (exact) mass is 411 g/mol. The van der Waals surface area contributed by atoms with Gasteiger partial charge in [-0.15, -0.1) is 0 Å². The van der Waals surface area contributed by atoms with Crippen molar-refractivity contribution in [1.82, 2.24) is 15.1 Å². The van der Waals surface area contributed by atoms with E-state index >= 15 is 0 Å². The quantitative estimate of drug-likeness (QED) is 0.779. The van der Waals surface area contributed by atoms with Crippen LogP contribution < -0.4 is 5.32 Å². The van der Waals surface area contributed by atoms with Crippen LogP contribution in [0.3, 0.4) is 0 Å². The lowest BCUT2D eigenvalue weighted by atomic mass is 9.88. The highest BCUT2D eigenvalue weighted by Crippen LogP contribution is 2.29. The van der Waals surface area contributed by atoms with Gasteiger partial charge >= 0.3 is 0 Å². The number of nitrogens with zero attached hydrogens (tertiary/aromatic N) is 2. The summed E-state index contributed by atoms with van der Waals surface area (Å²) in [6.07, 6.45) is 9.37. The van der Waals surface area contributed by atoms with Gasteiger partial charge in [0.1, 0.15) is 6.04 Å². The van der Waals surface area contributed by atoms with Crippen LogP contribution in [0.4, 0.5) is 0 Å². The Morgan fingerprint density at radius 3 is 2.57 bits per heavy atom. The molecule has 1 N–H and O–H groups in total. The summed E-state index contributed by atoms with van der Waals surface area (Å²) in [5, 5.41) is 3.21. The molecule has 0 spiro atoms. The Morgan fingerprint density at radius 2 is 1.80 bits per heavy atom. The summed E-state index contributed by atoms with van der Waals surface area (Å²) in [5.74, 6) is 0.420. The molecule has 2 atom stereocenters. The molecule has 2 fully saturated rings. The normalized spacial score (nSPS) is 23.8. The summed E-state index contributed by atoms with van der Waals surface area (Å²) in [6.45, 7) is 5.61. The zero-order valence-electron chi connectivity index (χ0n) is 18.4. The van der Waals surface area contributed by atoms with Gasteiger partial charge in [0.2, 0.25) is 11.8 Å². The van der Waals surface area contributed by atoms with Crippen LogP contribution in [0.5, 0.6) is 0 Å². The minimum absolute atomic E-state index is 0.0486. The predicted octanol–water partition coefficient (Wildman–Crippen LogP) is 3.51. The average molecular weight is 412 g/mol. The van der Waals surface area contributed by atoms with Crippen molar-refractivity contribution in [2.45, 2.75) is 83.3 Å². The van der Waals surface area contributed by atoms with Crippen molar-refractivity contribution in [3.05, 3.63) is 35.4 Å². The Hall–Kier alpha value is -1.88. The molecule has 1 aromatic rings. The van der Waals surface area contributed by atoms with Crippen molar-refractivity contribution in [3.8, 4) is 0 Å². The third-order valence-corrected chi connectivity index (χ3v) is 7.45. The lowest BCUT2D eigenvalue weighted by molar-refractivity contribution is -0.142. The average Bonchev–Trinajstić information content (AvgIpc) is 3.29. The Balaban J connectivity index is 1.32. The molecule has 1 aromatic carbocycles. The maximum atomic E-state index is 13.0. The van der Waals surface area contributed by atoms with Crippen LogP contribution in [0.2, 0.25) is 0 Å². The van der Waals surface area contributed by atoms with E-state index in [9.17, 15) is 9.59 Å². The van der Waals surface area contributed by atoms with Crippen LogP contribution >= 0.6 is 0 Å². The number of amides is 2. The lowest BCUT2D eigenvalue weighted by Gasteiger charge is -2.36. The summed E-state index contributed by atoms with van der Waals surface area (Å²) in [6, 6.07) is 8.76. The molecular weight excluding hydrogens is 374 g/mol. The van der Waals surface area contributed by atoms with Crippen LogP contribution in [0.25, 0.3) is 0 Å². The van der Waals surface area contributed by atoms with Gasteiger partial charge in [0.25, 0.3) is 0 Å². The van der Waals surface area contributed by atoms with Crippen molar-refractivity contribution < 1.29 is 9.59 Å². The van der Waals surface area contributed by atoms with Crippen LogP contribution in [0, 0.1) is 5.92 Å². The first kappa shape index (κ1) is 21.4. The fourth-order valence-electron chi connectivity index (χ4n) is 5.58. The number of rotatable bonds is 6. The molecule has 164 valence electrons. The van der Waals surface area contributed by atoms with Gasteiger partial charge in [0, 0.05) is 38.1 Å². The highest BCUT2D eigenvalue weighted by Gasteiger charge is 2.37. The smallest absolute Gasteiger partial charge is 0.242 e. The third kappa shape index (κ3) is 4.72. The van der Waals surface area contributed by atoms with E-state index in [1.54, 1.807) is 0 Å². The second-order valence-electron chi connectivity index (χ2n) is 9.32. The molecule has 2 amide bonds. The molecule has 2 heterocycles. The van der Waals surface area contributed by atoms with Crippen LogP contribution in [-0.4, -0.2) is 53.3 Å². The van der Waals surface area contributed by atoms with E-state index in [0.29, 0.717) is 12.6 Å². The number of hydrogen-bond donors (Lipinski definition) is 1. The predicted molar refractivity (Wildman–Crippen MR) is 119 cm³/mol. The SMILES string of the molecule is CCC(CNC(=O)C1CCCN1C(=O)C1CCCCC1)N1CCc2ccccc2C1. The van der Waals surface area contributed by atoms with Gasteiger partial charge in [0.05, 0.1) is 0 Å². The number of likely N-dealkylation sites (tertiary alicyclic amines) is 1. The summed E-state index contributed by atoms with van der Waals surface area (Å²) in [7, 11) is 0. The molecule has 1 aliphatic carbocycles. The number of hydrogen-bond acceptors (Lipinski definition) is 3. The van der Waals surface area contributed by atoms with Gasteiger partial charge in [-0.2, -0.15) is 0 Å². The van der Waals surface area contributed by atoms with Gasteiger partial charge in [-0.3, -0.25) is 14.5 Å². The Labute approximate surface area is 181 Å². The van der Waals surface area contributed by atoms with Crippen molar-refractivity contribution in [3.63, 3.8) is 0 Å². The standard InChI is InChI=1S/C25H37N3O2/c1-2-22(27-16-14-19-9-6-7-12-21(19)18-27)17-26-24(29)23-13-8-15-28(23)25(30)20-10-4-3-5-11-20/h6-7,9,12,20,22-23H,2-5,8,10-11,13-18H2,1H3,(H,26,29). The fourth-order valence-corrected chi connectivity index (χ4v) is 5.58. The van der Waals surface area contributed by atoms with Gasteiger partial charge in [-0.1, -0.05) is 50.5 Å². The first-order valence-corrected chi connectivity index (χ1v) is 12.1. The van der Waals surface area contributed by atoms with Gasteiger partial charge in [0.15, 0.2) is 0 Å². The number of benzene rings is 1. The Kier molecular flexibility index (Phi) is 7.08. The largest absolute Gasteiger partial charge is 0.353 e. The van der Waals surface area contributed by atoms with Crippen LogP contribution in [-0.2, 0) is 22.6 Å². The van der Waals surface area contributed by atoms with Crippen molar-refractivity contribution >= 4 is 11.8 Å². The molecule has 0 bridgehead atoms. The molecule has 5 heteroatoms. The zero-order valence-corrected chi connectivity index (χ0v) is 18.4. The number of carbonyl (C=O) groups is 2. The number of fused-ring (bicyclic) bond motifs is 1. The maximum absolute atomic E-state index is 13.0. The Morgan fingerprint density at radius 1 is 1.03 bits per heavy atom. The minimum atomic E-state index is -0.265. The lowest BCUT2D eigenvalue weighted by Crippen LogP contribution is -2.51.